The quantitative estimate of drug-likeness (QED) is 0.350. The first-order valence-electron chi connectivity index (χ1n) is 12.3. The van der Waals surface area contributed by atoms with Crippen LogP contribution in [0.5, 0.6) is 0 Å². The number of nitrogens with zero attached hydrogens (tertiary/aromatic N) is 2. The van der Waals surface area contributed by atoms with E-state index >= 15 is 0 Å². The molecule has 0 aliphatic carbocycles. The van der Waals surface area contributed by atoms with Crippen molar-refractivity contribution in [2.75, 3.05) is 13.2 Å². The molecule has 0 saturated carbocycles. The number of carbonyl (C=O) groups is 1. The summed E-state index contributed by atoms with van der Waals surface area (Å²) in [6.07, 6.45) is -9.47. The second-order valence-corrected chi connectivity index (χ2v) is 9.99. The predicted molar refractivity (Wildman–Crippen MR) is 131 cm³/mol. The van der Waals surface area contributed by atoms with Crippen LogP contribution < -0.4 is 16.7 Å². The molecule has 1 aliphatic heterocycles. The number of primary amides is 1. The topological polar surface area (TPSA) is 115 Å². The summed E-state index contributed by atoms with van der Waals surface area (Å²) in [7, 11) is 0. The van der Waals surface area contributed by atoms with Gasteiger partial charge >= 0.3 is 18.0 Å². The molecule has 1 saturated heterocycles. The minimum atomic E-state index is -4.99. The molecule has 0 radical (unpaired) electrons. The monoisotopic (exact) mass is 571 g/mol. The number of nitrogens with two attached hydrogens (primary N) is 1. The zero-order chi connectivity index (χ0) is 29.3. The molecule has 2 aromatic carbocycles. The average molecular weight is 572 g/mol. The van der Waals surface area contributed by atoms with Crippen molar-refractivity contribution in [2.24, 2.45) is 5.73 Å². The lowest BCUT2D eigenvalue weighted by atomic mass is 9.75. The Morgan fingerprint density at radius 3 is 2.17 bits per heavy atom. The van der Waals surface area contributed by atoms with E-state index in [1.165, 1.54) is 17.8 Å². The lowest BCUT2D eigenvalue weighted by Crippen LogP contribution is -2.61. The summed E-state index contributed by atoms with van der Waals surface area (Å²) >= 11 is 0. The normalized spacial score (nSPS) is 22.7. The molecular formula is C26H27F6N5O3. The van der Waals surface area contributed by atoms with Gasteiger partial charge in [-0.2, -0.15) is 31.4 Å². The zero-order valence-corrected chi connectivity index (χ0v) is 21.3. The molecule has 1 fully saturated rings. The first-order valence-corrected chi connectivity index (χ1v) is 12.3. The number of nitrogens with one attached hydrogen (secondary N) is 2. The van der Waals surface area contributed by atoms with Gasteiger partial charge in [0.25, 0.3) is 0 Å². The molecule has 1 amide bonds. The standard InChI is InChI=1S/C26H27F6N5O3/c1-16(17-9-19(25(27,28)29)11-20(10-17)26(30,31)32)40-14-24(18-5-3-2-4-6-18)8-7-23(13-34-24,12-21(33)38)37-15-35-36-22(37)39/h2-6,9-11,15-16,34H,7-8,12-14H2,1H3,(H2,33,38)(H,36,39)/t16-,23-,24-/m1/s1. The number of hydrogen-bond acceptors (Lipinski definition) is 5. The van der Waals surface area contributed by atoms with Gasteiger partial charge in [-0.3, -0.25) is 9.36 Å². The van der Waals surface area contributed by atoms with Gasteiger partial charge in [-0.25, -0.2) is 9.89 Å². The van der Waals surface area contributed by atoms with E-state index in [1.807, 2.05) is 0 Å². The van der Waals surface area contributed by atoms with Crippen molar-refractivity contribution < 1.29 is 35.9 Å². The summed E-state index contributed by atoms with van der Waals surface area (Å²) < 4.78 is 87.6. The van der Waals surface area contributed by atoms with E-state index in [9.17, 15) is 35.9 Å². The van der Waals surface area contributed by atoms with Crippen LogP contribution in [-0.4, -0.2) is 33.8 Å². The van der Waals surface area contributed by atoms with Gasteiger partial charge in [0.2, 0.25) is 5.91 Å². The summed E-state index contributed by atoms with van der Waals surface area (Å²) in [6.45, 7) is 1.31. The van der Waals surface area contributed by atoms with Crippen LogP contribution in [0, 0.1) is 0 Å². The van der Waals surface area contributed by atoms with Crippen LogP contribution in [0.2, 0.25) is 0 Å². The van der Waals surface area contributed by atoms with Crippen molar-refractivity contribution in [1.29, 1.82) is 0 Å². The third kappa shape index (κ3) is 6.07. The minimum Gasteiger partial charge on any atom is -0.372 e. The summed E-state index contributed by atoms with van der Waals surface area (Å²) in [6, 6.07) is 10.3. The van der Waals surface area contributed by atoms with Gasteiger partial charge in [-0.15, -0.1) is 0 Å². The highest BCUT2D eigenvalue weighted by atomic mass is 19.4. The van der Waals surface area contributed by atoms with Crippen molar-refractivity contribution in [2.45, 2.75) is 55.7 Å². The smallest absolute Gasteiger partial charge is 0.372 e. The number of carbonyl (C=O) groups excluding carboxylic acids is 1. The fraction of sp³-hybridized carbons (Fsp3) is 0.423. The molecule has 1 aliphatic rings. The average Bonchev–Trinajstić information content (AvgIpc) is 3.33. The fourth-order valence-electron chi connectivity index (χ4n) is 5.10. The number of piperidine rings is 1. The van der Waals surface area contributed by atoms with Gasteiger partial charge in [0.05, 0.1) is 41.3 Å². The third-order valence-corrected chi connectivity index (χ3v) is 7.33. The number of aromatic nitrogens is 3. The molecular weight excluding hydrogens is 544 g/mol. The number of halogens is 6. The molecule has 3 atom stereocenters. The molecule has 14 heteroatoms. The van der Waals surface area contributed by atoms with E-state index in [-0.39, 0.29) is 44.0 Å². The molecule has 2 heterocycles. The van der Waals surface area contributed by atoms with E-state index in [1.54, 1.807) is 30.3 Å². The van der Waals surface area contributed by atoms with Crippen molar-refractivity contribution >= 4 is 5.91 Å². The number of aromatic amines is 1. The second-order valence-electron chi connectivity index (χ2n) is 9.99. The highest BCUT2D eigenvalue weighted by Crippen LogP contribution is 2.41. The highest BCUT2D eigenvalue weighted by molar-refractivity contribution is 5.75. The largest absolute Gasteiger partial charge is 0.416 e. The van der Waals surface area contributed by atoms with Gasteiger partial charge < -0.3 is 15.8 Å². The SMILES string of the molecule is C[C@@H](OC[C@@]1(c2ccccc2)CC[C@](CC(N)=O)(n2cn[nH]c2=O)CN1)c1cc(C(F)(F)F)cc(C(F)(F)F)c1. The summed E-state index contributed by atoms with van der Waals surface area (Å²) in [5.41, 5.74) is 0.565. The fourth-order valence-corrected chi connectivity index (χ4v) is 5.10. The Kier molecular flexibility index (Phi) is 7.87. The lowest BCUT2D eigenvalue weighted by molar-refractivity contribution is -0.143. The second kappa shape index (κ2) is 10.7. The van der Waals surface area contributed by atoms with E-state index in [4.69, 9.17) is 10.5 Å². The zero-order valence-electron chi connectivity index (χ0n) is 21.3. The van der Waals surface area contributed by atoms with Crippen LogP contribution in [0.1, 0.15) is 54.5 Å². The Morgan fingerprint density at radius 1 is 1.07 bits per heavy atom. The van der Waals surface area contributed by atoms with Crippen molar-refractivity contribution in [3.63, 3.8) is 0 Å². The Hall–Kier alpha value is -3.65. The number of H-pyrrole nitrogens is 1. The van der Waals surface area contributed by atoms with E-state index in [0.717, 1.165) is 5.56 Å². The number of ether oxygens (including phenoxy) is 1. The Labute approximate surface area is 224 Å². The van der Waals surface area contributed by atoms with Gasteiger partial charge in [0.15, 0.2) is 0 Å². The molecule has 0 spiro atoms. The van der Waals surface area contributed by atoms with Crippen LogP contribution in [0.15, 0.2) is 59.7 Å². The summed E-state index contributed by atoms with van der Waals surface area (Å²) in [4.78, 5) is 24.3. The molecule has 1 aromatic heterocycles. The first-order chi connectivity index (χ1) is 18.7. The molecule has 216 valence electrons. The molecule has 0 unspecified atom stereocenters. The van der Waals surface area contributed by atoms with Crippen molar-refractivity contribution in [3.05, 3.63) is 87.6 Å². The highest BCUT2D eigenvalue weighted by Gasteiger charge is 2.46. The van der Waals surface area contributed by atoms with E-state index in [2.05, 4.69) is 15.5 Å². The van der Waals surface area contributed by atoms with Crippen LogP contribution in [0.25, 0.3) is 0 Å². The van der Waals surface area contributed by atoms with E-state index in [0.29, 0.717) is 12.1 Å². The van der Waals surface area contributed by atoms with Crippen LogP contribution in [-0.2, 0) is 33.0 Å². The van der Waals surface area contributed by atoms with Gasteiger partial charge in [0.1, 0.15) is 6.33 Å². The number of alkyl halides is 6. The molecule has 40 heavy (non-hydrogen) atoms. The Bertz CT molecular complexity index is 1360. The number of hydrogen-bond donors (Lipinski definition) is 3. The maximum absolute atomic E-state index is 13.4. The van der Waals surface area contributed by atoms with E-state index < -0.39 is 52.3 Å². The Balaban J connectivity index is 1.64. The number of benzene rings is 2. The number of amides is 1. The van der Waals surface area contributed by atoms with Gasteiger partial charge in [-0.05, 0) is 49.1 Å². The maximum atomic E-state index is 13.4. The van der Waals surface area contributed by atoms with Crippen molar-refractivity contribution in [3.8, 4) is 0 Å². The maximum Gasteiger partial charge on any atom is 0.416 e. The number of rotatable bonds is 8. The lowest BCUT2D eigenvalue weighted by Gasteiger charge is -2.47. The summed E-state index contributed by atoms with van der Waals surface area (Å²) in [5, 5.41) is 9.39. The molecule has 3 aromatic rings. The third-order valence-electron chi connectivity index (χ3n) is 7.33. The minimum absolute atomic E-state index is 0.0699. The van der Waals surface area contributed by atoms with Crippen molar-refractivity contribution in [1.82, 2.24) is 20.1 Å². The van der Waals surface area contributed by atoms with Gasteiger partial charge in [0, 0.05) is 6.54 Å². The van der Waals surface area contributed by atoms with Crippen LogP contribution >= 0.6 is 0 Å². The predicted octanol–water partition coefficient (Wildman–Crippen LogP) is 4.24. The molecule has 4 N–H and O–H groups in total. The van der Waals surface area contributed by atoms with Crippen LogP contribution in [0.4, 0.5) is 26.3 Å². The van der Waals surface area contributed by atoms with Crippen LogP contribution in [0.3, 0.4) is 0 Å². The first kappa shape index (κ1) is 29.3. The summed E-state index contributed by atoms with van der Waals surface area (Å²) in [5.74, 6) is -0.642. The van der Waals surface area contributed by atoms with Gasteiger partial charge in [-0.1, -0.05) is 30.3 Å². The Morgan fingerprint density at radius 2 is 1.70 bits per heavy atom. The molecule has 0 bridgehead atoms. The molecule has 8 nitrogen and oxygen atoms in total. The molecule has 4 rings (SSSR count).